The summed E-state index contributed by atoms with van der Waals surface area (Å²) in [7, 11) is 1.56. The van der Waals surface area contributed by atoms with Crippen molar-refractivity contribution < 1.29 is 19.1 Å². The summed E-state index contributed by atoms with van der Waals surface area (Å²) in [5.74, 6) is 1.05. The molecular formula is C25H24BrN3O5. The first-order valence-corrected chi connectivity index (χ1v) is 11.5. The predicted octanol–water partition coefficient (Wildman–Crippen LogP) is 5.53. The van der Waals surface area contributed by atoms with Crippen LogP contribution in [-0.2, 0) is 11.3 Å². The predicted molar refractivity (Wildman–Crippen MR) is 135 cm³/mol. The SMILES string of the molecule is COc1cc(C=Nc2ccc(N3CCOCC3)cc2)cc(Br)c1OCc1cccc([N+](=O)[O-])c1. The van der Waals surface area contributed by atoms with Gasteiger partial charge in [-0.25, -0.2) is 0 Å². The molecule has 0 N–H and O–H groups in total. The Hall–Kier alpha value is -3.43. The van der Waals surface area contributed by atoms with Gasteiger partial charge in [0.25, 0.3) is 5.69 Å². The van der Waals surface area contributed by atoms with Crippen LogP contribution in [-0.4, -0.2) is 44.6 Å². The van der Waals surface area contributed by atoms with E-state index in [2.05, 4.69) is 38.0 Å². The molecule has 3 aromatic rings. The van der Waals surface area contributed by atoms with E-state index in [4.69, 9.17) is 14.2 Å². The van der Waals surface area contributed by atoms with Gasteiger partial charge in [-0.3, -0.25) is 15.1 Å². The average Bonchev–Trinajstić information content (AvgIpc) is 2.87. The lowest BCUT2D eigenvalue weighted by Crippen LogP contribution is -2.36. The number of anilines is 1. The van der Waals surface area contributed by atoms with Crippen LogP contribution in [0.25, 0.3) is 0 Å². The van der Waals surface area contributed by atoms with Crippen molar-refractivity contribution in [1.82, 2.24) is 0 Å². The Morgan fingerprint density at radius 3 is 2.62 bits per heavy atom. The maximum Gasteiger partial charge on any atom is 0.269 e. The van der Waals surface area contributed by atoms with Crippen LogP contribution < -0.4 is 14.4 Å². The summed E-state index contributed by atoms with van der Waals surface area (Å²) in [6.45, 7) is 3.46. The number of nitro groups is 1. The van der Waals surface area contributed by atoms with Crippen LogP contribution in [0.5, 0.6) is 11.5 Å². The lowest BCUT2D eigenvalue weighted by Gasteiger charge is -2.28. The Bertz CT molecular complexity index is 1180. The highest BCUT2D eigenvalue weighted by molar-refractivity contribution is 9.10. The van der Waals surface area contributed by atoms with Gasteiger partial charge >= 0.3 is 0 Å². The van der Waals surface area contributed by atoms with Crippen LogP contribution in [0.1, 0.15) is 11.1 Å². The fraction of sp³-hybridized carbons (Fsp3) is 0.240. The Balaban J connectivity index is 1.45. The molecule has 0 atom stereocenters. The highest BCUT2D eigenvalue weighted by Gasteiger charge is 2.13. The van der Waals surface area contributed by atoms with E-state index in [1.165, 1.54) is 12.1 Å². The van der Waals surface area contributed by atoms with Gasteiger partial charge in [0.15, 0.2) is 11.5 Å². The highest BCUT2D eigenvalue weighted by Crippen LogP contribution is 2.37. The van der Waals surface area contributed by atoms with E-state index >= 15 is 0 Å². The van der Waals surface area contributed by atoms with E-state index in [1.54, 1.807) is 25.5 Å². The van der Waals surface area contributed by atoms with Gasteiger partial charge in [0.05, 0.1) is 35.4 Å². The molecule has 34 heavy (non-hydrogen) atoms. The fourth-order valence-electron chi connectivity index (χ4n) is 3.59. The summed E-state index contributed by atoms with van der Waals surface area (Å²) in [5.41, 5.74) is 3.56. The Labute approximate surface area is 206 Å². The van der Waals surface area contributed by atoms with Gasteiger partial charge in [-0.2, -0.15) is 0 Å². The number of morpholine rings is 1. The minimum Gasteiger partial charge on any atom is -0.493 e. The van der Waals surface area contributed by atoms with Gasteiger partial charge in [0.2, 0.25) is 0 Å². The highest BCUT2D eigenvalue weighted by atomic mass is 79.9. The smallest absolute Gasteiger partial charge is 0.269 e. The third-order valence-corrected chi connectivity index (χ3v) is 5.93. The molecule has 1 aliphatic rings. The molecule has 4 rings (SSSR count). The van der Waals surface area contributed by atoms with Gasteiger partial charge in [-0.05, 0) is 63.5 Å². The summed E-state index contributed by atoms with van der Waals surface area (Å²) in [5, 5.41) is 11.0. The second kappa shape index (κ2) is 11.1. The zero-order valence-electron chi connectivity index (χ0n) is 18.6. The fourth-order valence-corrected chi connectivity index (χ4v) is 4.16. The van der Waals surface area contributed by atoms with E-state index in [9.17, 15) is 10.1 Å². The van der Waals surface area contributed by atoms with Crippen molar-refractivity contribution in [2.24, 2.45) is 4.99 Å². The van der Waals surface area contributed by atoms with Gasteiger partial charge in [-0.1, -0.05) is 12.1 Å². The van der Waals surface area contributed by atoms with Crippen molar-refractivity contribution in [3.8, 4) is 11.5 Å². The second-order valence-corrected chi connectivity index (χ2v) is 8.48. The Morgan fingerprint density at radius 1 is 1.15 bits per heavy atom. The Morgan fingerprint density at radius 2 is 1.91 bits per heavy atom. The summed E-state index contributed by atoms with van der Waals surface area (Å²) in [6.07, 6.45) is 1.77. The van der Waals surface area contributed by atoms with Crippen LogP contribution in [0.4, 0.5) is 17.1 Å². The minimum atomic E-state index is -0.426. The first kappa shape index (κ1) is 23.7. The molecule has 0 aromatic heterocycles. The minimum absolute atomic E-state index is 0.0247. The van der Waals surface area contributed by atoms with Crippen LogP contribution in [0.2, 0.25) is 0 Å². The third-order valence-electron chi connectivity index (χ3n) is 5.34. The molecule has 0 radical (unpaired) electrons. The lowest BCUT2D eigenvalue weighted by atomic mass is 10.2. The molecule has 176 valence electrons. The van der Waals surface area contributed by atoms with Crippen molar-refractivity contribution in [2.45, 2.75) is 6.61 Å². The quantitative estimate of drug-likeness (QED) is 0.218. The summed E-state index contributed by atoms with van der Waals surface area (Å²) in [6, 6.07) is 18.2. The molecule has 3 aromatic carbocycles. The second-order valence-electron chi connectivity index (χ2n) is 7.62. The van der Waals surface area contributed by atoms with Crippen LogP contribution >= 0.6 is 15.9 Å². The van der Waals surface area contributed by atoms with Gasteiger partial charge in [-0.15, -0.1) is 0 Å². The lowest BCUT2D eigenvalue weighted by molar-refractivity contribution is -0.384. The number of hydrogen-bond donors (Lipinski definition) is 0. The molecule has 8 nitrogen and oxygen atoms in total. The molecular weight excluding hydrogens is 502 g/mol. The molecule has 0 bridgehead atoms. The van der Waals surface area contributed by atoms with E-state index in [0.717, 1.165) is 43.2 Å². The third kappa shape index (κ3) is 5.92. The van der Waals surface area contributed by atoms with Crippen LogP contribution in [0.3, 0.4) is 0 Å². The zero-order valence-corrected chi connectivity index (χ0v) is 20.2. The maximum atomic E-state index is 11.0. The molecule has 0 aliphatic carbocycles. The number of ether oxygens (including phenoxy) is 3. The molecule has 0 saturated carbocycles. The van der Waals surface area contributed by atoms with Crippen molar-refractivity contribution >= 4 is 39.2 Å². The van der Waals surface area contributed by atoms with Crippen molar-refractivity contribution in [1.29, 1.82) is 0 Å². The standard InChI is InChI=1S/C25H24BrN3O5/c1-32-24-15-19(16-27-20-5-7-21(8-6-20)28-9-11-33-12-10-28)14-23(26)25(24)34-17-18-3-2-4-22(13-18)29(30)31/h2-8,13-16H,9-12,17H2,1H3. The molecule has 9 heteroatoms. The van der Waals surface area contributed by atoms with Crippen molar-refractivity contribution in [3.05, 3.63) is 86.4 Å². The first-order valence-electron chi connectivity index (χ1n) is 10.7. The van der Waals surface area contributed by atoms with Crippen LogP contribution in [0.15, 0.2) is 70.1 Å². The van der Waals surface area contributed by atoms with E-state index < -0.39 is 4.92 Å². The van der Waals surface area contributed by atoms with Crippen LogP contribution in [0, 0.1) is 10.1 Å². The van der Waals surface area contributed by atoms with Crippen molar-refractivity contribution in [3.63, 3.8) is 0 Å². The molecule has 0 unspecified atom stereocenters. The molecule has 0 spiro atoms. The summed E-state index contributed by atoms with van der Waals surface area (Å²) in [4.78, 5) is 17.4. The number of methoxy groups -OCH3 is 1. The number of non-ortho nitro benzene ring substituents is 1. The van der Waals surface area contributed by atoms with Crippen molar-refractivity contribution in [2.75, 3.05) is 38.3 Å². The normalized spacial score (nSPS) is 13.8. The molecule has 1 heterocycles. The van der Waals surface area contributed by atoms with Gasteiger partial charge in [0.1, 0.15) is 6.61 Å². The number of hydrogen-bond acceptors (Lipinski definition) is 7. The number of benzene rings is 3. The number of rotatable bonds is 8. The van der Waals surface area contributed by atoms with Gasteiger partial charge < -0.3 is 19.1 Å². The largest absolute Gasteiger partial charge is 0.493 e. The number of nitrogens with zero attached hydrogens (tertiary/aromatic N) is 3. The molecule has 0 amide bonds. The molecule has 1 saturated heterocycles. The van der Waals surface area contributed by atoms with Gasteiger partial charge in [0, 0.05) is 37.1 Å². The van der Waals surface area contributed by atoms with E-state index in [0.29, 0.717) is 21.5 Å². The average molecular weight is 526 g/mol. The Kier molecular flexibility index (Phi) is 7.76. The molecule has 1 aliphatic heterocycles. The molecule has 1 fully saturated rings. The van der Waals surface area contributed by atoms with E-state index in [-0.39, 0.29) is 12.3 Å². The first-order chi connectivity index (χ1) is 16.5. The van der Waals surface area contributed by atoms with E-state index in [1.807, 2.05) is 24.3 Å². The number of nitro benzene ring substituents is 1. The maximum absolute atomic E-state index is 11.0. The zero-order chi connectivity index (χ0) is 23.9. The summed E-state index contributed by atoms with van der Waals surface area (Å²) < 4.78 is 17.5. The number of halogens is 1. The topological polar surface area (TPSA) is 86.4 Å². The monoisotopic (exact) mass is 525 g/mol. The summed E-state index contributed by atoms with van der Waals surface area (Å²) >= 11 is 3.54. The number of aliphatic imine (C=N–C) groups is 1.